The molecule has 1 atom stereocenters. The summed E-state index contributed by atoms with van der Waals surface area (Å²) in [7, 11) is -3.76. The molecule has 6 heteroatoms. The van der Waals surface area contributed by atoms with Crippen molar-refractivity contribution in [3.05, 3.63) is 23.8 Å². The molecule has 0 fully saturated rings. The number of nitrogens with two attached hydrogens (primary N) is 1. The van der Waals surface area contributed by atoms with E-state index >= 15 is 0 Å². The first-order valence-corrected chi connectivity index (χ1v) is 7.74. The summed E-state index contributed by atoms with van der Waals surface area (Å²) in [6.45, 7) is 5.65. The molecular weight excluding hydrogens is 264 g/mol. The largest absolute Gasteiger partial charge is 0.326 e. The van der Waals surface area contributed by atoms with Crippen LogP contribution in [0.3, 0.4) is 0 Å². The SMILES string of the molecule is CCCC(C)C(=O)Nc1cc(S(N)(=O)=O)ccc1C. The average Bonchev–Trinajstić information content (AvgIpc) is 2.30. The second-order valence-corrected chi connectivity index (χ2v) is 6.26. The molecule has 0 aliphatic rings. The van der Waals surface area contributed by atoms with E-state index in [1.54, 1.807) is 13.0 Å². The zero-order valence-corrected chi connectivity index (χ0v) is 12.3. The van der Waals surface area contributed by atoms with Gasteiger partial charge in [0.1, 0.15) is 0 Å². The molecule has 5 nitrogen and oxygen atoms in total. The molecule has 0 aliphatic heterocycles. The molecule has 1 aromatic carbocycles. The van der Waals surface area contributed by atoms with Crippen LogP contribution in [0.15, 0.2) is 23.1 Å². The second-order valence-electron chi connectivity index (χ2n) is 4.70. The van der Waals surface area contributed by atoms with E-state index < -0.39 is 10.0 Å². The maximum absolute atomic E-state index is 11.9. The van der Waals surface area contributed by atoms with E-state index in [2.05, 4.69) is 5.32 Å². The Balaban J connectivity index is 2.98. The lowest BCUT2D eigenvalue weighted by molar-refractivity contribution is -0.119. The summed E-state index contributed by atoms with van der Waals surface area (Å²) in [5.41, 5.74) is 1.28. The molecular formula is C13H20N2O3S. The maximum Gasteiger partial charge on any atom is 0.238 e. The first kappa shape index (κ1) is 15.7. The van der Waals surface area contributed by atoms with Gasteiger partial charge in [-0.1, -0.05) is 26.3 Å². The van der Waals surface area contributed by atoms with Crippen LogP contribution in [0.25, 0.3) is 0 Å². The van der Waals surface area contributed by atoms with Gasteiger partial charge in [0.2, 0.25) is 15.9 Å². The molecule has 3 N–H and O–H groups in total. The summed E-state index contributed by atoms with van der Waals surface area (Å²) < 4.78 is 22.6. The zero-order valence-electron chi connectivity index (χ0n) is 11.4. The molecule has 0 saturated carbocycles. The highest BCUT2D eigenvalue weighted by atomic mass is 32.2. The molecule has 0 heterocycles. The number of anilines is 1. The number of hydrogen-bond donors (Lipinski definition) is 2. The quantitative estimate of drug-likeness (QED) is 0.866. The van der Waals surface area contributed by atoms with Gasteiger partial charge in [-0.05, 0) is 31.0 Å². The van der Waals surface area contributed by atoms with Crippen LogP contribution in [0.5, 0.6) is 0 Å². The predicted octanol–water partition coefficient (Wildman–Crippen LogP) is 2.02. The van der Waals surface area contributed by atoms with E-state index in [9.17, 15) is 13.2 Å². The number of benzene rings is 1. The van der Waals surface area contributed by atoms with Gasteiger partial charge in [-0.25, -0.2) is 13.6 Å². The lowest BCUT2D eigenvalue weighted by Crippen LogP contribution is -2.21. The van der Waals surface area contributed by atoms with Crippen molar-refractivity contribution in [2.24, 2.45) is 11.1 Å². The summed E-state index contributed by atoms with van der Waals surface area (Å²) in [6, 6.07) is 4.44. The molecule has 0 spiro atoms. The van der Waals surface area contributed by atoms with Crippen molar-refractivity contribution in [2.75, 3.05) is 5.32 Å². The van der Waals surface area contributed by atoms with Gasteiger partial charge in [0.05, 0.1) is 4.90 Å². The minimum atomic E-state index is -3.76. The molecule has 106 valence electrons. The molecule has 1 aromatic rings. The Morgan fingerprint density at radius 3 is 2.58 bits per heavy atom. The Labute approximate surface area is 114 Å². The minimum Gasteiger partial charge on any atom is -0.326 e. The monoisotopic (exact) mass is 284 g/mol. The summed E-state index contributed by atoms with van der Waals surface area (Å²) in [6.07, 6.45) is 1.71. The third kappa shape index (κ3) is 4.33. The van der Waals surface area contributed by atoms with Gasteiger partial charge >= 0.3 is 0 Å². The number of primary sulfonamides is 1. The Kier molecular flexibility index (Phi) is 5.08. The number of hydrogen-bond acceptors (Lipinski definition) is 3. The fraction of sp³-hybridized carbons (Fsp3) is 0.462. The highest BCUT2D eigenvalue weighted by Gasteiger charge is 2.15. The van der Waals surface area contributed by atoms with E-state index in [1.165, 1.54) is 12.1 Å². The second kappa shape index (κ2) is 6.16. The normalized spacial score (nSPS) is 13.1. The van der Waals surface area contributed by atoms with Crippen molar-refractivity contribution >= 4 is 21.6 Å². The molecule has 0 aliphatic carbocycles. The summed E-state index contributed by atoms with van der Waals surface area (Å²) in [4.78, 5) is 11.9. The Morgan fingerprint density at radius 2 is 2.05 bits per heavy atom. The van der Waals surface area contributed by atoms with Crippen LogP contribution < -0.4 is 10.5 Å². The average molecular weight is 284 g/mol. The van der Waals surface area contributed by atoms with E-state index in [0.717, 1.165) is 18.4 Å². The van der Waals surface area contributed by atoms with E-state index in [4.69, 9.17) is 5.14 Å². The maximum atomic E-state index is 11.9. The van der Waals surface area contributed by atoms with Crippen molar-refractivity contribution in [1.82, 2.24) is 0 Å². The summed E-state index contributed by atoms with van der Waals surface area (Å²) in [5.74, 6) is -0.223. The van der Waals surface area contributed by atoms with Gasteiger partial charge in [-0.2, -0.15) is 0 Å². The van der Waals surface area contributed by atoms with E-state index in [0.29, 0.717) is 5.69 Å². The lowest BCUT2D eigenvalue weighted by atomic mass is 10.1. The van der Waals surface area contributed by atoms with Crippen LogP contribution in [0.2, 0.25) is 0 Å². The molecule has 19 heavy (non-hydrogen) atoms. The minimum absolute atomic E-state index is 0.00320. The number of aryl methyl sites for hydroxylation is 1. The third-order valence-corrected chi connectivity index (χ3v) is 3.88. The van der Waals surface area contributed by atoms with Gasteiger partial charge < -0.3 is 5.32 Å². The molecule has 1 unspecified atom stereocenters. The fourth-order valence-corrected chi connectivity index (χ4v) is 2.27. The fourth-order valence-electron chi connectivity index (χ4n) is 1.73. The number of carbonyl (C=O) groups is 1. The van der Waals surface area contributed by atoms with Crippen LogP contribution in [0.1, 0.15) is 32.3 Å². The van der Waals surface area contributed by atoms with Crippen molar-refractivity contribution < 1.29 is 13.2 Å². The Hall–Kier alpha value is -1.40. The number of carbonyl (C=O) groups excluding carboxylic acids is 1. The van der Waals surface area contributed by atoms with Crippen molar-refractivity contribution in [1.29, 1.82) is 0 Å². The van der Waals surface area contributed by atoms with Crippen molar-refractivity contribution in [2.45, 2.75) is 38.5 Å². The number of rotatable bonds is 5. The highest BCUT2D eigenvalue weighted by molar-refractivity contribution is 7.89. The first-order chi connectivity index (χ1) is 8.75. The van der Waals surface area contributed by atoms with Gasteiger partial charge in [-0.15, -0.1) is 0 Å². The van der Waals surface area contributed by atoms with Gasteiger partial charge in [0.15, 0.2) is 0 Å². The number of sulfonamides is 1. The topological polar surface area (TPSA) is 89.3 Å². The predicted molar refractivity (Wildman–Crippen MR) is 75.3 cm³/mol. The van der Waals surface area contributed by atoms with E-state index in [-0.39, 0.29) is 16.7 Å². The highest BCUT2D eigenvalue weighted by Crippen LogP contribution is 2.20. The lowest BCUT2D eigenvalue weighted by Gasteiger charge is -2.13. The van der Waals surface area contributed by atoms with Crippen LogP contribution in [0.4, 0.5) is 5.69 Å². The summed E-state index contributed by atoms with van der Waals surface area (Å²) in [5, 5.41) is 7.82. The van der Waals surface area contributed by atoms with Crippen molar-refractivity contribution in [3.63, 3.8) is 0 Å². The molecule has 1 rings (SSSR count). The van der Waals surface area contributed by atoms with Crippen LogP contribution in [-0.4, -0.2) is 14.3 Å². The molecule has 0 radical (unpaired) electrons. The van der Waals surface area contributed by atoms with Gasteiger partial charge in [0, 0.05) is 11.6 Å². The molecule has 0 aromatic heterocycles. The standard InChI is InChI=1S/C13H20N2O3S/c1-4-5-10(3)13(16)15-12-8-11(19(14,17)18)7-6-9(12)2/h6-8,10H,4-5H2,1-3H3,(H,15,16)(H2,14,17,18). The molecule has 1 amide bonds. The number of amides is 1. The van der Waals surface area contributed by atoms with Crippen molar-refractivity contribution in [3.8, 4) is 0 Å². The summed E-state index contributed by atoms with van der Waals surface area (Å²) >= 11 is 0. The Bertz CT molecular complexity index is 567. The van der Waals surface area contributed by atoms with Crippen LogP contribution in [-0.2, 0) is 14.8 Å². The van der Waals surface area contributed by atoms with Crippen LogP contribution >= 0.6 is 0 Å². The first-order valence-electron chi connectivity index (χ1n) is 6.20. The third-order valence-electron chi connectivity index (χ3n) is 2.96. The Morgan fingerprint density at radius 1 is 1.42 bits per heavy atom. The van der Waals surface area contributed by atoms with E-state index in [1.807, 2.05) is 13.8 Å². The molecule has 0 bridgehead atoms. The smallest absolute Gasteiger partial charge is 0.238 e. The van der Waals surface area contributed by atoms with Crippen LogP contribution in [0, 0.1) is 12.8 Å². The zero-order chi connectivity index (χ0) is 14.6. The van der Waals surface area contributed by atoms with Gasteiger partial charge in [-0.3, -0.25) is 4.79 Å². The molecule has 0 saturated heterocycles. The number of nitrogens with one attached hydrogen (secondary N) is 1. The van der Waals surface area contributed by atoms with Gasteiger partial charge in [0.25, 0.3) is 0 Å².